The van der Waals surface area contributed by atoms with Gasteiger partial charge in [-0.1, -0.05) is 78.9 Å². The summed E-state index contributed by atoms with van der Waals surface area (Å²) in [5.74, 6) is 3.15. The van der Waals surface area contributed by atoms with Crippen LogP contribution in [-0.4, -0.2) is 28.4 Å². The summed E-state index contributed by atoms with van der Waals surface area (Å²) in [6, 6.07) is 63.0. The Balaban J connectivity index is 0.964. The monoisotopic (exact) mass is 886 g/mol. The van der Waals surface area contributed by atoms with Crippen molar-refractivity contribution < 1.29 is 18.9 Å². The lowest BCUT2D eigenvalue weighted by atomic mass is 9.93. The van der Waals surface area contributed by atoms with Crippen molar-refractivity contribution in [2.75, 3.05) is 38.2 Å². The number of nitrogens with zero attached hydrogens (tertiary/aromatic N) is 4. The first-order valence-electron chi connectivity index (χ1n) is 21.9. The highest BCUT2D eigenvalue weighted by Gasteiger charge is 2.17. The van der Waals surface area contributed by atoms with Gasteiger partial charge in [0.2, 0.25) is 5.69 Å². The van der Waals surface area contributed by atoms with Crippen LogP contribution in [0.3, 0.4) is 0 Å². The van der Waals surface area contributed by atoms with E-state index in [0.29, 0.717) is 11.3 Å². The normalized spacial score (nSPS) is 11.1. The van der Waals surface area contributed by atoms with E-state index in [4.69, 9.17) is 25.5 Å². The molecule has 0 aromatic heterocycles. The molecule has 0 aliphatic carbocycles. The highest BCUT2D eigenvalue weighted by Crippen LogP contribution is 2.41. The third kappa shape index (κ3) is 9.17. The number of hydrogen-bond acceptors (Lipinski definition) is 7. The molecule has 0 bridgehead atoms. The van der Waals surface area contributed by atoms with Crippen LogP contribution in [0, 0.1) is 17.9 Å². The molecule has 68 heavy (non-hydrogen) atoms. The minimum Gasteiger partial charge on any atom is -0.497 e. The van der Waals surface area contributed by atoms with Gasteiger partial charge in [-0.2, -0.15) is 5.26 Å². The molecule has 0 atom stereocenters. The molecule has 0 saturated carbocycles. The molecule has 8 heteroatoms. The summed E-state index contributed by atoms with van der Waals surface area (Å²) >= 11 is 0. The smallest absolute Gasteiger partial charge is 0.202 e. The zero-order chi connectivity index (χ0) is 47.0. The maximum Gasteiger partial charge on any atom is 0.202 e. The summed E-state index contributed by atoms with van der Waals surface area (Å²) in [6.45, 7) is 8.28. The number of ether oxygens (including phenoxy) is 4. The van der Waals surface area contributed by atoms with Crippen LogP contribution >= 0.6 is 0 Å². The fraction of sp³-hybridized carbons (Fsp3) is 0.0667. The van der Waals surface area contributed by atoms with Crippen molar-refractivity contribution in [1.29, 1.82) is 5.26 Å². The van der Waals surface area contributed by atoms with Gasteiger partial charge in [0.15, 0.2) is 0 Å². The lowest BCUT2D eigenvalue weighted by molar-refractivity contribution is 0.414. The van der Waals surface area contributed by atoms with E-state index in [1.165, 1.54) is 0 Å². The van der Waals surface area contributed by atoms with Gasteiger partial charge in [-0.05, 0) is 171 Å². The third-order valence-corrected chi connectivity index (χ3v) is 11.9. The zero-order valence-electron chi connectivity index (χ0n) is 38.1. The molecule has 9 rings (SSSR count). The number of methoxy groups -OCH3 is 4. The van der Waals surface area contributed by atoms with Crippen molar-refractivity contribution in [3.63, 3.8) is 0 Å². The maximum absolute atomic E-state index is 10.6. The van der Waals surface area contributed by atoms with E-state index >= 15 is 0 Å². The Bertz CT molecular complexity index is 3040. The van der Waals surface area contributed by atoms with E-state index < -0.39 is 0 Å². The summed E-state index contributed by atoms with van der Waals surface area (Å²) in [6.07, 6.45) is 8.20. The largest absolute Gasteiger partial charge is 0.497 e. The molecule has 0 N–H and O–H groups in total. The predicted molar refractivity (Wildman–Crippen MR) is 279 cm³/mol. The molecule has 0 aliphatic rings. The number of hydrogen-bond donors (Lipinski definition) is 0. The highest BCUT2D eigenvalue weighted by atomic mass is 16.5. The van der Waals surface area contributed by atoms with E-state index in [2.05, 4.69) is 81.4 Å². The van der Waals surface area contributed by atoms with Crippen LogP contribution in [0.25, 0.3) is 50.7 Å². The molecule has 0 amide bonds. The van der Waals surface area contributed by atoms with Crippen molar-refractivity contribution in [3.8, 4) is 29.1 Å². The molecular formula is C60H46N4O4. The molecule has 0 fully saturated rings. The number of anilines is 6. The van der Waals surface area contributed by atoms with Crippen LogP contribution in [0.2, 0.25) is 0 Å². The fourth-order valence-electron chi connectivity index (χ4n) is 8.36. The van der Waals surface area contributed by atoms with Crippen molar-refractivity contribution >= 4 is 85.7 Å². The Morgan fingerprint density at radius 1 is 0.382 bits per heavy atom. The molecule has 9 aromatic carbocycles. The summed E-state index contributed by atoms with van der Waals surface area (Å²) in [5, 5.41) is 13.6. The van der Waals surface area contributed by atoms with Crippen molar-refractivity contribution in [1.82, 2.24) is 0 Å². The van der Waals surface area contributed by atoms with Gasteiger partial charge in [0.05, 0.1) is 40.6 Å². The minimum atomic E-state index is 0.523. The molecule has 9 aromatic rings. The molecule has 0 aliphatic heterocycles. The second-order valence-electron chi connectivity index (χ2n) is 15.9. The average molecular weight is 887 g/mol. The maximum atomic E-state index is 10.6. The molecule has 0 radical (unpaired) electrons. The zero-order valence-corrected chi connectivity index (χ0v) is 38.1. The van der Waals surface area contributed by atoms with Gasteiger partial charge in [-0.3, -0.25) is 0 Å². The van der Waals surface area contributed by atoms with E-state index in [-0.39, 0.29) is 0 Å². The SMILES string of the molecule is [C-]#[N+]c1c2ccc(C=Cc3ccc(N(c4ccc(OC)cc4)c4ccc(OC)cc4)cc3)cc2c(C#N)c2ccc(C=Cc3ccc(N(c4ccc(OC)cc4)c4ccc(OC)cc4)cc3)cc12. The fourth-order valence-corrected chi connectivity index (χ4v) is 8.36. The van der Waals surface area contributed by atoms with Gasteiger partial charge in [0, 0.05) is 34.1 Å². The Labute approximate surface area is 396 Å². The molecule has 330 valence electrons. The van der Waals surface area contributed by atoms with Crippen molar-refractivity contribution in [2.45, 2.75) is 0 Å². The highest BCUT2D eigenvalue weighted by molar-refractivity contribution is 6.16. The minimum absolute atomic E-state index is 0.523. The summed E-state index contributed by atoms with van der Waals surface area (Å²) in [5.41, 5.74) is 10.9. The molecule has 8 nitrogen and oxygen atoms in total. The summed E-state index contributed by atoms with van der Waals surface area (Å²) < 4.78 is 21.7. The van der Waals surface area contributed by atoms with Crippen molar-refractivity contribution in [2.24, 2.45) is 0 Å². The molecular weight excluding hydrogens is 841 g/mol. The summed E-state index contributed by atoms with van der Waals surface area (Å²) in [7, 11) is 6.65. The van der Waals surface area contributed by atoms with Gasteiger partial charge in [-0.15, -0.1) is 0 Å². The molecule has 0 unspecified atom stereocenters. The van der Waals surface area contributed by atoms with Crippen LogP contribution in [0.4, 0.5) is 39.8 Å². The molecule has 0 spiro atoms. The van der Waals surface area contributed by atoms with Crippen molar-refractivity contribution in [3.05, 3.63) is 221 Å². The third-order valence-electron chi connectivity index (χ3n) is 11.9. The number of rotatable bonds is 14. The van der Waals surface area contributed by atoms with E-state index in [9.17, 15) is 5.26 Å². The van der Waals surface area contributed by atoms with Crippen LogP contribution in [0.15, 0.2) is 182 Å². The standard InChI is InChI=1S/C60H46N4O4/c1-62-60-56-37-15-43(8-6-41-10-16-45(17-11-41)63(47-20-28-51(65-2)29-21-47)48-22-30-52(66-3)31-23-48)38-57(56)59(40-61)55-36-14-44(39-58(55)60)9-7-42-12-18-46(19-13-42)64(49-24-32-53(67-4)33-25-49)50-26-34-54(68-5)35-27-50/h6-39H,2-5H3. The Hall–Kier alpha value is -9.24. The number of fused-ring (bicyclic) bond motifs is 2. The second-order valence-corrected chi connectivity index (χ2v) is 15.9. The predicted octanol–water partition coefficient (Wildman–Crippen LogP) is 15.7. The van der Waals surface area contributed by atoms with Gasteiger partial charge in [0.25, 0.3) is 0 Å². The average Bonchev–Trinajstić information content (AvgIpc) is 3.40. The van der Waals surface area contributed by atoms with Crippen LogP contribution < -0.4 is 28.7 Å². The van der Waals surface area contributed by atoms with Crippen LogP contribution in [0.1, 0.15) is 27.8 Å². The van der Waals surface area contributed by atoms with Gasteiger partial charge in [-0.25, -0.2) is 4.85 Å². The first-order chi connectivity index (χ1) is 33.4. The van der Waals surface area contributed by atoms with Gasteiger partial charge < -0.3 is 28.7 Å². The summed E-state index contributed by atoms with van der Waals surface area (Å²) in [4.78, 5) is 8.39. The van der Waals surface area contributed by atoms with E-state index in [1.54, 1.807) is 28.4 Å². The van der Waals surface area contributed by atoms with Gasteiger partial charge in [0.1, 0.15) is 29.1 Å². The lowest BCUT2D eigenvalue weighted by Crippen LogP contribution is -2.09. The Kier molecular flexibility index (Phi) is 12.9. The number of benzene rings is 9. The van der Waals surface area contributed by atoms with E-state index in [0.717, 1.165) is 101 Å². The molecule has 0 heterocycles. The second kappa shape index (κ2) is 19.9. The molecule has 0 saturated heterocycles. The Morgan fingerprint density at radius 3 is 1.00 bits per heavy atom. The Morgan fingerprint density at radius 2 is 0.676 bits per heavy atom. The van der Waals surface area contributed by atoms with Crippen LogP contribution in [-0.2, 0) is 0 Å². The quantitative estimate of drug-likeness (QED) is 0.0612. The first kappa shape index (κ1) is 44.0. The topological polar surface area (TPSA) is 71.6 Å². The lowest BCUT2D eigenvalue weighted by Gasteiger charge is -2.26. The van der Waals surface area contributed by atoms with Gasteiger partial charge >= 0.3 is 0 Å². The number of nitriles is 1. The first-order valence-corrected chi connectivity index (χ1v) is 21.9. The van der Waals surface area contributed by atoms with Crippen LogP contribution in [0.5, 0.6) is 23.0 Å². The van der Waals surface area contributed by atoms with E-state index in [1.807, 2.05) is 146 Å².